The Bertz CT molecular complexity index is 590. The van der Waals surface area contributed by atoms with Gasteiger partial charge in [-0.25, -0.2) is 23.1 Å². The zero-order chi connectivity index (χ0) is 13.1. The molecule has 0 spiro atoms. The molecule has 0 atom stereocenters. The van der Waals surface area contributed by atoms with E-state index in [0.29, 0.717) is 6.07 Å². The Balaban J connectivity index is 2.28. The highest BCUT2D eigenvalue weighted by Gasteiger charge is 2.19. The van der Waals surface area contributed by atoms with Crippen molar-refractivity contribution in [2.45, 2.75) is 0 Å². The lowest BCUT2D eigenvalue weighted by Crippen LogP contribution is -2.16. The molecule has 0 radical (unpaired) electrons. The number of carbonyl (C=O) groups excluding carboxylic acids is 1. The van der Waals surface area contributed by atoms with Crippen molar-refractivity contribution in [3.8, 4) is 0 Å². The Morgan fingerprint density at radius 1 is 1.06 bits per heavy atom. The Morgan fingerprint density at radius 3 is 2.39 bits per heavy atom. The van der Waals surface area contributed by atoms with Gasteiger partial charge in [0.2, 0.25) is 5.95 Å². The Labute approximate surface area is 99.5 Å². The van der Waals surface area contributed by atoms with Gasteiger partial charge in [0.05, 0.1) is 5.56 Å². The molecular formula is C11H6F3N3O. The standard InChI is InChI=1S/C11H6F3N3O/c12-7-3-2-6(8(13)9(7)14)10(18)17-11-15-4-1-5-16-11/h1-5H,(H,15,16,17,18). The SMILES string of the molecule is O=C(Nc1ncccn1)c1ccc(F)c(F)c1F. The van der Waals surface area contributed by atoms with Crippen LogP contribution in [0.3, 0.4) is 0 Å². The second-order valence-corrected chi connectivity index (χ2v) is 3.25. The lowest BCUT2D eigenvalue weighted by Gasteiger charge is -2.05. The quantitative estimate of drug-likeness (QED) is 0.834. The molecule has 1 aromatic carbocycles. The third-order valence-electron chi connectivity index (χ3n) is 2.07. The fourth-order valence-corrected chi connectivity index (χ4v) is 1.23. The summed E-state index contributed by atoms with van der Waals surface area (Å²) < 4.78 is 38.9. The Morgan fingerprint density at radius 2 is 1.72 bits per heavy atom. The Hall–Kier alpha value is -2.44. The van der Waals surface area contributed by atoms with E-state index >= 15 is 0 Å². The highest BCUT2D eigenvalue weighted by Crippen LogP contribution is 2.15. The van der Waals surface area contributed by atoms with Crippen molar-refractivity contribution >= 4 is 11.9 Å². The van der Waals surface area contributed by atoms with Gasteiger partial charge in [0.1, 0.15) is 0 Å². The molecule has 0 aliphatic carbocycles. The lowest BCUT2D eigenvalue weighted by atomic mass is 10.2. The predicted octanol–water partition coefficient (Wildman–Crippen LogP) is 2.15. The van der Waals surface area contributed by atoms with Gasteiger partial charge in [-0.2, -0.15) is 0 Å². The summed E-state index contributed by atoms with van der Waals surface area (Å²) in [5.74, 6) is -5.63. The van der Waals surface area contributed by atoms with Gasteiger partial charge in [-0.1, -0.05) is 0 Å². The minimum Gasteiger partial charge on any atom is -0.290 e. The van der Waals surface area contributed by atoms with E-state index in [2.05, 4.69) is 15.3 Å². The average Bonchev–Trinajstić information content (AvgIpc) is 2.37. The van der Waals surface area contributed by atoms with Crippen molar-refractivity contribution in [1.29, 1.82) is 0 Å². The minimum atomic E-state index is -1.70. The summed E-state index contributed by atoms with van der Waals surface area (Å²) in [6, 6.07) is 3.03. The zero-order valence-corrected chi connectivity index (χ0v) is 8.82. The summed E-state index contributed by atoms with van der Waals surface area (Å²) >= 11 is 0. The van der Waals surface area contributed by atoms with Crippen molar-refractivity contribution < 1.29 is 18.0 Å². The zero-order valence-electron chi connectivity index (χ0n) is 8.82. The number of amides is 1. The molecule has 2 rings (SSSR count). The number of halogens is 3. The molecule has 7 heteroatoms. The number of carbonyl (C=O) groups is 1. The van der Waals surface area contributed by atoms with Gasteiger partial charge in [0.25, 0.3) is 5.91 Å². The van der Waals surface area contributed by atoms with Gasteiger partial charge in [-0.15, -0.1) is 0 Å². The molecule has 1 heterocycles. The monoisotopic (exact) mass is 253 g/mol. The molecule has 0 saturated carbocycles. The van der Waals surface area contributed by atoms with Crippen LogP contribution in [0, 0.1) is 17.5 Å². The van der Waals surface area contributed by atoms with E-state index < -0.39 is 28.9 Å². The largest absolute Gasteiger partial charge is 0.290 e. The van der Waals surface area contributed by atoms with Crippen LogP contribution < -0.4 is 5.32 Å². The molecule has 0 saturated heterocycles. The van der Waals surface area contributed by atoms with Crippen LogP contribution in [0.5, 0.6) is 0 Å². The molecule has 0 aliphatic heterocycles. The maximum absolute atomic E-state index is 13.3. The lowest BCUT2D eigenvalue weighted by molar-refractivity contribution is 0.102. The van der Waals surface area contributed by atoms with Crippen LogP contribution in [-0.2, 0) is 0 Å². The van der Waals surface area contributed by atoms with Crippen molar-refractivity contribution in [3.63, 3.8) is 0 Å². The second kappa shape index (κ2) is 4.82. The van der Waals surface area contributed by atoms with Gasteiger partial charge in [0, 0.05) is 12.4 Å². The van der Waals surface area contributed by atoms with Gasteiger partial charge in [0.15, 0.2) is 17.5 Å². The van der Waals surface area contributed by atoms with Crippen LogP contribution in [0.4, 0.5) is 19.1 Å². The maximum atomic E-state index is 13.3. The van der Waals surface area contributed by atoms with Crippen LogP contribution in [0.1, 0.15) is 10.4 Å². The molecule has 92 valence electrons. The third-order valence-corrected chi connectivity index (χ3v) is 2.07. The molecule has 0 fully saturated rings. The van der Waals surface area contributed by atoms with Crippen LogP contribution in [0.25, 0.3) is 0 Å². The second-order valence-electron chi connectivity index (χ2n) is 3.25. The van der Waals surface area contributed by atoms with Gasteiger partial charge < -0.3 is 0 Å². The van der Waals surface area contributed by atoms with Crippen LogP contribution in [-0.4, -0.2) is 15.9 Å². The topological polar surface area (TPSA) is 54.9 Å². The number of nitrogens with one attached hydrogen (secondary N) is 1. The van der Waals surface area contributed by atoms with Crippen molar-refractivity contribution in [3.05, 3.63) is 53.6 Å². The summed E-state index contributed by atoms with van der Waals surface area (Å²) in [5.41, 5.74) is -0.624. The van der Waals surface area contributed by atoms with E-state index in [4.69, 9.17) is 0 Å². The third kappa shape index (κ3) is 2.29. The molecule has 4 nitrogen and oxygen atoms in total. The predicted molar refractivity (Wildman–Crippen MR) is 56.3 cm³/mol. The molecule has 1 N–H and O–H groups in total. The van der Waals surface area contributed by atoms with E-state index in [0.717, 1.165) is 6.07 Å². The highest BCUT2D eigenvalue weighted by atomic mass is 19.2. The number of hydrogen-bond donors (Lipinski definition) is 1. The van der Waals surface area contributed by atoms with Gasteiger partial charge >= 0.3 is 0 Å². The number of benzene rings is 1. The molecule has 0 bridgehead atoms. The van der Waals surface area contributed by atoms with Crippen LogP contribution >= 0.6 is 0 Å². The molecule has 2 aromatic rings. The molecular weight excluding hydrogens is 247 g/mol. The average molecular weight is 253 g/mol. The van der Waals surface area contributed by atoms with Crippen LogP contribution in [0.2, 0.25) is 0 Å². The normalized spacial score (nSPS) is 10.2. The Kier molecular flexibility index (Phi) is 3.22. The summed E-state index contributed by atoms with van der Waals surface area (Å²) in [5, 5.41) is 2.16. The van der Waals surface area contributed by atoms with Crippen molar-refractivity contribution in [1.82, 2.24) is 9.97 Å². The van der Waals surface area contributed by atoms with Crippen molar-refractivity contribution in [2.75, 3.05) is 5.32 Å². The molecule has 18 heavy (non-hydrogen) atoms. The maximum Gasteiger partial charge on any atom is 0.261 e. The van der Waals surface area contributed by atoms with E-state index in [1.165, 1.54) is 18.5 Å². The first kappa shape index (κ1) is 12.0. The van der Waals surface area contributed by atoms with E-state index in [1.807, 2.05) is 0 Å². The molecule has 0 unspecified atom stereocenters. The first-order valence-corrected chi connectivity index (χ1v) is 4.81. The van der Waals surface area contributed by atoms with E-state index in [-0.39, 0.29) is 5.95 Å². The molecule has 1 aromatic heterocycles. The highest BCUT2D eigenvalue weighted by molar-refractivity contribution is 6.03. The number of nitrogens with zero attached hydrogens (tertiary/aromatic N) is 2. The molecule has 1 amide bonds. The number of hydrogen-bond acceptors (Lipinski definition) is 3. The summed E-state index contributed by atoms with van der Waals surface area (Å²) in [4.78, 5) is 18.9. The van der Waals surface area contributed by atoms with Crippen molar-refractivity contribution in [2.24, 2.45) is 0 Å². The molecule has 0 aliphatic rings. The first-order valence-electron chi connectivity index (χ1n) is 4.81. The summed E-state index contributed by atoms with van der Waals surface area (Å²) in [6.45, 7) is 0. The minimum absolute atomic E-state index is 0.0633. The first-order chi connectivity index (χ1) is 8.59. The van der Waals surface area contributed by atoms with E-state index in [9.17, 15) is 18.0 Å². The number of rotatable bonds is 2. The van der Waals surface area contributed by atoms with E-state index in [1.54, 1.807) is 0 Å². The van der Waals surface area contributed by atoms with Gasteiger partial charge in [-0.3, -0.25) is 10.1 Å². The van der Waals surface area contributed by atoms with Gasteiger partial charge in [-0.05, 0) is 18.2 Å². The summed E-state index contributed by atoms with van der Waals surface area (Å²) in [6.07, 6.45) is 2.73. The fourth-order valence-electron chi connectivity index (χ4n) is 1.23. The smallest absolute Gasteiger partial charge is 0.261 e. The number of anilines is 1. The fraction of sp³-hybridized carbons (Fsp3) is 0. The summed E-state index contributed by atoms with van der Waals surface area (Å²) in [7, 11) is 0. The van der Waals surface area contributed by atoms with Crippen LogP contribution in [0.15, 0.2) is 30.6 Å². The number of aromatic nitrogens is 2.